The smallest absolute Gasteiger partial charge is 0.334 e. The van der Waals surface area contributed by atoms with Gasteiger partial charge in [-0.05, 0) is 44.7 Å². The van der Waals surface area contributed by atoms with E-state index in [0.29, 0.717) is 5.57 Å². The fraction of sp³-hybridized carbons (Fsp3) is 0.389. The van der Waals surface area contributed by atoms with Crippen molar-refractivity contribution < 1.29 is 9.53 Å². The topological polar surface area (TPSA) is 26.3 Å². The van der Waals surface area contributed by atoms with Gasteiger partial charge in [-0.25, -0.2) is 4.79 Å². The normalized spacial score (nSPS) is 16.6. The molecule has 104 valence electrons. The lowest BCUT2D eigenvalue weighted by Gasteiger charge is -2.30. The van der Waals surface area contributed by atoms with Crippen LogP contribution >= 0.6 is 0 Å². The highest BCUT2D eigenvalue weighted by atomic mass is 16.6. The lowest BCUT2D eigenvalue weighted by atomic mass is 9.86. The summed E-state index contributed by atoms with van der Waals surface area (Å²) >= 11 is 0. The van der Waals surface area contributed by atoms with Crippen LogP contribution in [0.25, 0.3) is 0 Å². The Bertz CT molecular complexity index is 578. The van der Waals surface area contributed by atoms with Crippen LogP contribution < -0.4 is 0 Å². The number of hydrogen-bond acceptors (Lipinski definition) is 2. The Balaban J connectivity index is 2.24. The SMILES string of the molecule is C=C(C)C(=O)OC(C)(C#CC)C1Cc2ccccc2C1. The highest BCUT2D eigenvalue weighted by Crippen LogP contribution is 2.36. The van der Waals surface area contributed by atoms with E-state index in [-0.39, 0.29) is 11.9 Å². The van der Waals surface area contributed by atoms with Crippen molar-refractivity contribution >= 4 is 5.97 Å². The van der Waals surface area contributed by atoms with E-state index in [1.807, 2.05) is 19.1 Å². The fourth-order valence-corrected chi connectivity index (χ4v) is 2.69. The van der Waals surface area contributed by atoms with Gasteiger partial charge in [0, 0.05) is 11.5 Å². The lowest BCUT2D eigenvalue weighted by Crippen LogP contribution is -2.39. The van der Waals surface area contributed by atoms with Crippen molar-refractivity contribution in [2.45, 2.75) is 39.2 Å². The number of ether oxygens (including phenoxy) is 1. The van der Waals surface area contributed by atoms with Crippen LogP contribution in [0.5, 0.6) is 0 Å². The van der Waals surface area contributed by atoms with Gasteiger partial charge < -0.3 is 4.74 Å². The zero-order chi connectivity index (χ0) is 14.8. The molecule has 0 saturated heterocycles. The van der Waals surface area contributed by atoms with Gasteiger partial charge in [0.2, 0.25) is 0 Å². The Morgan fingerprint density at radius 2 is 1.90 bits per heavy atom. The van der Waals surface area contributed by atoms with Gasteiger partial charge in [0.1, 0.15) is 0 Å². The van der Waals surface area contributed by atoms with Gasteiger partial charge in [0.15, 0.2) is 5.60 Å². The third-order valence-corrected chi connectivity index (χ3v) is 3.86. The van der Waals surface area contributed by atoms with Crippen LogP contribution in [0.2, 0.25) is 0 Å². The van der Waals surface area contributed by atoms with Gasteiger partial charge in [0.05, 0.1) is 0 Å². The molecule has 1 aromatic carbocycles. The van der Waals surface area contributed by atoms with E-state index in [4.69, 9.17) is 4.74 Å². The second-order valence-electron chi connectivity index (χ2n) is 5.53. The Morgan fingerprint density at radius 3 is 2.35 bits per heavy atom. The quantitative estimate of drug-likeness (QED) is 0.477. The highest BCUT2D eigenvalue weighted by Gasteiger charge is 2.40. The maximum atomic E-state index is 11.9. The van der Waals surface area contributed by atoms with Gasteiger partial charge >= 0.3 is 5.97 Å². The Kier molecular flexibility index (Phi) is 3.99. The number of carbonyl (C=O) groups is 1. The zero-order valence-corrected chi connectivity index (χ0v) is 12.3. The summed E-state index contributed by atoms with van der Waals surface area (Å²) in [4.78, 5) is 11.9. The molecule has 1 aliphatic rings. The first-order valence-corrected chi connectivity index (χ1v) is 6.86. The molecule has 2 heteroatoms. The van der Waals surface area contributed by atoms with Crippen LogP contribution in [0.4, 0.5) is 0 Å². The molecule has 0 N–H and O–H groups in total. The van der Waals surface area contributed by atoms with Gasteiger partial charge in [-0.15, -0.1) is 5.92 Å². The maximum absolute atomic E-state index is 11.9. The summed E-state index contributed by atoms with van der Waals surface area (Å²) in [5.41, 5.74) is 2.30. The van der Waals surface area contributed by atoms with Gasteiger partial charge in [-0.1, -0.05) is 36.8 Å². The molecule has 2 rings (SSSR count). The van der Waals surface area contributed by atoms with Crippen LogP contribution in [0, 0.1) is 17.8 Å². The number of esters is 1. The molecule has 0 aliphatic heterocycles. The number of benzene rings is 1. The van der Waals surface area contributed by atoms with Gasteiger partial charge in [-0.2, -0.15) is 0 Å². The third kappa shape index (κ3) is 2.77. The molecule has 1 unspecified atom stereocenters. The summed E-state index contributed by atoms with van der Waals surface area (Å²) in [7, 11) is 0. The highest BCUT2D eigenvalue weighted by molar-refractivity contribution is 5.87. The summed E-state index contributed by atoms with van der Waals surface area (Å²) < 4.78 is 5.64. The van der Waals surface area contributed by atoms with E-state index in [1.54, 1.807) is 13.8 Å². The van der Waals surface area contributed by atoms with E-state index >= 15 is 0 Å². The second-order valence-corrected chi connectivity index (χ2v) is 5.53. The van der Waals surface area contributed by atoms with Crippen molar-refractivity contribution in [2.24, 2.45) is 5.92 Å². The molecular formula is C18H20O2. The minimum absolute atomic E-state index is 0.190. The van der Waals surface area contributed by atoms with Crippen molar-refractivity contribution in [3.05, 3.63) is 47.5 Å². The van der Waals surface area contributed by atoms with Crippen molar-refractivity contribution in [1.29, 1.82) is 0 Å². The van der Waals surface area contributed by atoms with Crippen LogP contribution in [-0.2, 0) is 22.4 Å². The Hall–Kier alpha value is -2.01. The molecule has 0 bridgehead atoms. The number of carbonyl (C=O) groups excluding carboxylic acids is 1. The van der Waals surface area contributed by atoms with Crippen LogP contribution in [0.1, 0.15) is 31.9 Å². The molecule has 0 radical (unpaired) electrons. The number of fused-ring (bicyclic) bond motifs is 1. The Morgan fingerprint density at radius 1 is 1.35 bits per heavy atom. The zero-order valence-electron chi connectivity index (χ0n) is 12.3. The minimum Gasteiger partial charge on any atom is -0.442 e. The summed E-state index contributed by atoms with van der Waals surface area (Å²) in [5, 5.41) is 0. The summed E-state index contributed by atoms with van der Waals surface area (Å²) in [6, 6.07) is 8.36. The molecule has 0 amide bonds. The first kappa shape index (κ1) is 14.4. The van der Waals surface area contributed by atoms with Crippen molar-refractivity contribution in [2.75, 3.05) is 0 Å². The molecule has 0 heterocycles. The van der Waals surface area contributed by atoms with Crippen LogP contribution in [0.15, 0.2) is 36.4 Å². The van der Waals surface area contributed by atoms with E-state index < -0.39 is 5.60 Å². The number of hydrogen-bond donors (Lipinski definition) is 0. The van der Waals surface area contributed by atoms with E-state index in [9.17, 15) is 4.79 Å². The van der Waals surface area contributed by atoms with E-state index in [2.05, 4.69) is 30.6 Å². The third-order valence-electron chi connectivity index (χ3n) is 3.86. The minimum atomic E-state index is -0.760. The first-order chi connectivity index (χ1) is 9.46. The number of rotatable bonds is 3. The molecule has 20 heavy (non-hydrogen) atoms. The average Bonchev–Trinajstić information content (AvgIpc) is 2.83. The van der Waals surface area contributed by atoms with Crippen molar-refractivity contribution in [3.63, 3.8) is 0 Å². The van der Waals surface area contributed by atoms with E-state index in [1.165, 1.54) is 11.1 Å². The largest absolute Gasteiger partial charge is 0.442 e. The molecule has 1 atom stereocenters. The molecule has 1 aliphatic carbocycles. The van der Waals surface area contributed by atoms with Gasteiger partial charge in [0.25, 0.3) is 0 Å². The predicted molar refractivity (Wildman–Crippen MR) is 80.1 cm³/mol. The van der Waals surface area contributed by atoms with Gasteiger partial charge in [-0.3, -0.25) is 0 Å². The van der Waals surface area contributed by atoms with Crippen LogP contribution in [-0.4, -0.2) is 11.6 Å². The van der Waals surface area contributed by atoms with E-state index in [0.717, 1.165) is 12.8 Å². The monoisotopic (exact) mass is 268 g/mol. The summed E-state index contributed by atoms with van der Waals surface area (Å²) in [6.45, 7) is 8.98. The molecule has 2 nitrogen and oxygen atoms in total. The van der Waals surface area contributed by atoms with Crippen molar-refractivity contribution in [3.8, 4) is 11.8 Å². The fourth-order valence-electron chi connectivity index (χ4n) is 2.69. The van der Waals surface area contributed by atoms with Crippen molar-refractivity contribution in [1.82, 2.24) is 0 Å². The molecule has 0 fully saturated rings. The summed E-state index contributed by atoms with van der Waals surface area (Å²) in [6.07, 6.45) is 1.79. The standard InChI is InChI=1S/C18H20O2/c1-5-10-18(4,20-17(19)13(2)3)16-11-14-8-6-7-9-15(14)12-16/h6-9,16H,2,11-12H2,1,3-4H3. The maximum Gasteiger partial charge on any atom is 0.334 e. The molecule has 0 saturated carbocycles. The molecule has 0 aromatic heterocycles. The molecular weight excluding hydrogens is 248 g/mol. The van der Waals surface area contributed by atoms with Crippen LogP contribution in [0.3, 0.4) is 0 Å². The predicted octanol–water partition coefficient (Wildman–Crippen LogP) is 3.30. The second kappa shape index (κ2) is 5.54. The average molecular weight is 268 g/mol. The molecule has 1 aromatic rings. The molecule has 0 spiro atoms. The lowest BCUT2D eigenvalue weighted by molar-refractivity contribution is -0.151. The first-order valence-electron chi connectivity index (χ1n) is 6.86. The summed E-state index contributed by atoms with van der Waals surface area (Å²) in [5.74, 6) is 5.81. The Labute approximate surface area is 120 Å².